The Morgan fingerprint density at radius 1 is 1.28 bits per heavy atom. The maximum atomic E-state index is 10.6. The molecule has 4 heteroatoms. The third-order valence-corrected chi connectivity index (χ3v) is 3.55. The standard InChI is InChI=1S/C8H9NO2.C6H11N/c1-11-7-4-2-3-6(5-7)8(9)10;1-2-6-4-3-5(1)7-6/h2-5H,1H3,(H2,9,10);5-7H,1-4H2. The predicted octanol–water partition coefficient (Wildman–Crippen LogP) is 1.69. The molecule has 0 radical (unpaired) electrons. The number of hydrogen-bond acceptors (Lipinski definition) is 3. The van der Waals surface area contributed by atoms with Crippen LogP contribution in [0, 0.1) is 0 Å². The third kappa shape index (κ3) is 3.23. The lowest BCUT2D eigenvalue weighted by Crippen LogP contribution is -2.17. The summed E-state index contributed by atoms with van der Waals surface area (Å²) >= 11 is 0. The Balaban J connectivity index is 0.000000146. The molecule has 2 aliphatic heterocycles. The molecule has 3 N–H and O–H groups in total. The van der Waals surface area contributed by atoms with Crippen LogP contribution in [-0.2, 0) is 0 Å². The van der Waals surface area contributed by atoms with Gasteiger partial charge in [-0.25, -0.2) is 0 Å². The molecule has 1 aromatic carbocycles. The van der Waals surface area contributed by atoms with Crippen molar-refractivity contribution in [1.82, 2.24) is 5.32 Å². The molecule has 1 aromatic rings. The lowest BCUT2D eigenvalue weighted by atomic mass is 10.0. The zero-order valence-electron chi connectivity index (χ0n) is 10.7. The molecule has 0 spiro atoms. The van der Waals surface area contributed by atoms with Gasteiger partial charge in [0.1, 0.15) is 5.75 Å². The highest BCUT2D eigenvalue weighted by molar-refractivity contribution is 5.93. The lowest BCUT2D eigenvalue weighted by Gasteiger charge is -2.02. The number of carbonyl (C=O) groups is 1. The van der Waals surface area contributed by atoms with Crippen molar-refractivity contribution < 1.29 is 9.53 Å². The van der Waals surface area contributed by atoms with Gasteiger partial charge in [0.25, 0.3) is 0 Å². The quantitative estimate of drug-likeness (QED) is 0.837. The highest BCUT2D eigenvalue weighted by atomic mass is 16.5. The SMILES string of the molecule is C1CC2CCC1N2.COc1cccc(C(N)=O)c1. The minimum Gasteiger partial charge on any atom is -0.497 e. The molecule has 98 valence electrons. The minimum absolute atomic E-state index is 0.441. The predicted molar refractivity (Wildman–Crippen MR) is 70.7 cm³/mol. The molecule has 0 saturated carbocycles. The zero-order valence-corrected chi connectivity index (χ0v) is 10.7. The Morgan fingerprint density at radius 2 is 1.89 bits per heavy atom. The Labute approximate surface area is 108 Å². The number of carbonyl (C=O) groups excluding carboxylic acids is 1. The first-order chi connectivity index (χ1) is 8.69. The van der Waals surface area contributed by atoms with Gasteiger partial charge in [0.2, 0.25) is 5.91 Å². The van der Waals surface area contributed by atoms with E-state index in [4.69, 9.17) is 10.5 Å². The average molecular weight is 248 g/mol. The molecular formula is C14H20N2O2. The third-order valence-electron chi connectivity index (χ3n) is 3.55. The molecule has 2 bridgehead atoms. The fraction of sp³-hybridized carbons (Fsp3) is 0.500. The number of methoxy groups -OCH3 is 1. The number of benzene rings is 1. The van der Waals surface area contributed by atoms with Crippen LogP contribution in [-0.4, -0.2) is 25.1 Å². The number of nitrogens with one attached hydrogen (secondary N) is 1. The Bertz CT molecular complexity index is 402. The van der Waals surface area contributed by atoms with Gasteiger partial charge in [-0.15, -0.1) is 0 Å². The van der Waals surface area contributed by atoms with Gasteiger partial charge in [0.05, 0.1) is 7.11 Å². The zero-order chi connectivity index (χ0) is 13.0. The van der Waals surface area contributed by atoms with Gasteiger partial charge in [-0.3, -0.25) is 4.79 Å². The van der Waals surface area contributed by atoms with Crippen LogP contribution in [0.4, 0.5) is 0 Å². The molecular weight excluding hydrogens is 228 g/mol. The summed E-state index contributed by atoms with van der Waals surface area (Å²) in [7, 11) is 1.54. The van der Waals surface area contributed by atoms with Crippen LogP contribution in [0.3, 0.4) is 0 Å². The summed E-state index contributed by atoms with van der Waals surface area (Å²) in [6.07, 6.45) is 5.80. The second-order valence-corrected chi connectivity index (χ2v) is 4.81. The molecule has 2 saturated heterocycles. The minimum atomic E-state index is -0.441. The smallest absolute Gasteiger partial charge is 0.248 e. The maximum Gasteiger partial charge on any atom is 0.248 e. The second kappa shape index (κ2) is 5.87. The van der Waals surface area contributed by atoms with Gasteiger partial charge in [-0.2, -0.15) is 0 Å². The molecule has 4 nitrogen and oxygen atoms in total. The summed E-state index contributed by atoms with van der Waals surface area (Å²) in [5.41, 5.74) is 5.51. The monoisotopic (exact) mass is 248 g/mol. The van der Waals surface area contributed by atoms with E-state index in [1.807, 2.05) is 0 Å². The molecule has 0 aromatic heterocycles. The fourth-order valence-corrected chi connectivity index (χ4v) is 2.54. The molecule has 2 fully saturated rings. The van der Waals surface area contributed by atoms with Crippen molar-refractivity contribution in [3.8, 4) is 5.75 Å². The number of fused-ring (bicyclic) bond motifs is 2. The molecule has 1 amide bonds. The first-order valence-corrected chi connectivity index (χ1v) is 6.39. The van der Waals surface area contributed by atoms with E-state index in [1.165, 1.54) is 25.7 Å². The molecule has 2 aliphatic rings. The molecule has 0 atom stereocenters. The van der Waals surface area contributed by atoms with Crippen molar-refractivity contribution in [3.63, 3.8) is 0 Å². The van der Waals surface area contributed by atoms with E-state index in [1.54, 1.807) is 31.4 Å². The van der Waals surface area contributed by atoms with Crippen molar-refractivity contribution in [3.05, 3.63) is 29.8 Å². The first-order valence-electron chi connectivity index (χ1n) is 6.39. The summed E-state index contributed by atoms with van der Waals surface area (Å²) in [5, 5.41) is 3.53. The summed E-state index contributed by atoms with van der Waals surface area (Å²) in [6.45, 7) is 0. The van der Waals surface area contributed by atoms with Gasteiger partial charge >= 0.3 is 0 Å². The van der Waals surface area contributed by atoms with Crippen molar-refractivity contribution in [2.75, 3.05) is 7.11 Å². The Kier molecular flexibility index (Phi) is 4.20. The van der Waals surface area contributed by atoms with E-state index in [0.717, 1.165) is 12.1 Å². The van der Waals surface area contributed by atoms with Gasteiger partial charge in [0.15, 0.2) is 0 Å². The summed E-state index contributed by atoms with van der Waals surface area (Å²) in [4.78, 5) is 10.6. The van der Waals surface area contributed by atoms with E-state index < -0.39 is 5.91 Å². The number of hydrogen-bond donors (Lipinski definition) is 2. The van der Waals surface area contributed by atoms with Crippen molar-refractivity contribution in [2.24, 2.45) is 5.73 Å². The fourth-order valence-electron chi connectivity index (χ4n) is 2.54. The van der Waals surface area contributed by atoms with Crippen LogP contribution in [0.15, 0.2) is 24.3 Å². The summed E-state index contributed by atoms with van der Waals surface area (Å²) in [5.74, 6) is 0.199. The molecule has 18 heavy (non-hydrogen) atoms. The van der Waals surface area contributed by atoms with Crippen molar-refractivity contribution in [1.29, 1.82) is 0 Å². The number of primary amides is 1. The van der Waals surface area contributed by atoms with E-state index >= 15 is 0 Å². The molecule has 0 aliphatic carbocycles. The molecule has 2 heterocycles. The topological polar surface area (TPSA) is 64.3 Å². The number of amides is 1. The van der Waals surface area contributed by atoms with Gasteiger partial charge in [0, 0.05) is 17.6 Å². The van der Waals surface area contributed by atoms with Crippen molar-refractivity contribution in [2.45, 2.75) is 37.8 Å². The van der Waals surface area contributed by atoms with E-state index in [9.17, 15) is 4.79 Å². The van der Waals surface area contributed by atoms with Crippen LogP contribution in [0.2, 0.25) is 0 Å². The van der Waals surface area contributed by atoms with E-state index in [2.05, 4.69) is 5.32 Å². The molecule has 0 unspecified atom stereocenters. The summed E-state index contributed by atoms with van der Waals surface area (Å²) < 4.78 is 4.90. The van der Waals surface area contributed by atoms with Crippen LogP contribution in [0.5, 0.6) is 5.75 Å². The number of nitrogens with two attached hydrogens (primary N) is 1. The Morgan fingerprint density at radius 3 is 2.28 bits per heavy atom. The average Bonchev–Trinajstić information content (AvgIpc) is 3.04. The molecule has 3 rings (SSSR count). The van der Waals surface area contributed by atoms with E-state index in [-0.39, 0.29) is 0 Å². The van der Waals surface area contributed by atoms with Crippen molar-refractivity contribution >= 4 is 5.91 Å². The van der Waals surface area contributed by atoms with Crippen LogP contribution in [0.1, 0.15) is 36.0 Å². The van der Waals surface area contributed by atoms with Crippen LogP contribution >= 0.6 is 0 Å². The highest BCUT2D eigenvalue weighted by Crippen LogP contribution is 2.26. The number of ether oxygens (including phenoxy) is 1. The van der Waals surface area contributed by atoms with Crippen LogP contribution in [0.25, 0.3) is 0 Å². The van der Waals surface area contributed by atoms with Gasteiger partial charge in [-0.1, -0.05) is 6.07 Å². The first kappa shape index (κ1) is 12.9. The second-order valence-electron chi connectivity index (χ2n) is 4.81. The maximum absolute atomic E-state index is 10.6. The van der Waals surface area contributed by atoms with Crippen LogP contribution < -0.4 is 15.8 Å². The number of rotatable bonds is 2. The van der Waals surface area contributed by atoms with Gasteiger partial charge < -0.3 is 15.8 Å². The largest absolute Gasteiger partial charge is 0.497 e. The van der Waals surface area contributed by atoms with Gasteiger partial charge in [-0.05, 0) is 43.9 Å². The normalized spacial score (nSPS) is 24.3. The Hall–Kier alpha value is -1.55. The summed E-state index contributed by atoms with van der Waals surface area (Å²) in [6, 6.07) is 8.56. The lowest BCUT2D eigenvalue weighted by molar-refractivity contribution is 0.1000. The highest BCUT2D eigenvalue weighted by Gasteiger charge is 2.29. The van der Waals surface area contributed by atoms with E-state index in [0.29, 0.717) is 11.3 Å².